The molecule has 112 valence electrons. The van der Waals surface area contributed by atoms with Crippen molar-refractivity contribution >= 4 is 24.1 Å². The second-order valence-electron chi connectivity index (χ2n) is 5.13. The van der Waals surface area contributed by atoms with Gasteiger partial charge in [-0.3, -0.25) is 9.59 Å². The Kier molecular flexibility index (Phi) is 5.77. The fraction of sp³-hybridized carbons (Fsp3) is 0.571. The third kappa shape index (κ3) is 3.22. The summed E-state index contributed by atoms with van der Waals surface area (Å²) in [7, 11) is 3.71. The molecule has 1 atom stereocenters. The SMILES string of the molecule is CNCC1CCCN1C(=O)c1cc(C(C)=O)cn1C.Cl. The first-order valence-corrected chi connectivity index (χ1v) is 6.67. The lowest BCUT2D eigenvalue weighted by Gasteiger charge is -2.24. The summed E-state index contributed by atoms with van der Waals surface area (Å²) in [4.78, 5) is 25.8. The number of halogens is 1. The van der Waals surface area contributed by atoms with Crippen molar-refractivity contribution in [3.63, 3.8) is 0 Å². The van der Waals surface area contributed by atoms with E-state index >= 15 is 0 Å². The maximum absolute atomic E-state index is 12.6. The van der Waals surface area contributed by atoms with Crippen molar-refractivity contribution in [1.29, 1.82) is 0 Å². The molecule has 1 aromatic rings. The molecular weight excluding hydrogens is 278 g/mol. The number of hydrogen-bond acceptors (Lipinski definition) is 3. The van der Waals surface area contributed by atoms with Gasteiger partial charge in [0.15, 0.2) is 5.78 Å². The van der Waals surface area contributed by atoms with E-state index < -0.39 is 0 Å². The van der Waals surface area contributed by atoms with Crippen LogP contribution in [0.2, 0.25) is 0 Å². The van der Waals surface area contributed by atoms with Gasteiger partial charge in [0.2, 0.25) is 0 Å². The Hall–Kier alpha value is -1.33. The number of ketones is 1. The Labute approximate surface area is 125 Å². The zero-order chi connectivity index (χ0) is 14.0. The highest BCUT2D eigenvalue weighted by Crippen LogP contribution is 2.20. The van der Waals surface area contributed by atoms with Crippen molar-refractivity contribution < 1.29 is 9.59 Å². The van der Waals surface area contributed by atoms with Crippen molar-refractivity contribution in [2.75, 3.05) is 20.1 Å². The molecule has 1 aliphatic rings. The summed E-state index contributed by atoms with van der Waals surface area (Å²) in [5.74, 6) is 0.00981. The summed E-state index contributed by atoms with van der Waals surface area (Å²) in [5.41, 5.74) is 1.18. The van der Waals surface area contributed by atoms with Crippen LogP contribution in [0.25, 0.3) is 0 Å². The number of Topliss-reactive ketones (excluding diaryl/α,β-unsaturated/α-hetero) is 1. The fourth-order valence-corrected chi connectivity index (χ4v) is 2.67. The van der Waals surface area contributed by atoms with Crippen LogP contribution in [-0.4, -0.2) is 47.3 Å². The lowest BCUT2D eigenvalue weighted by Crippen LogP contribution is -2.41. The first kappa shape index (κ1) is 16.7. The van der Waals surface area contributed by atoms with Crippen LogP contribution in [0.3, 0.4) is 0 Å². The van der Waals surface area contributed by atoms with E-state index in [1.165, 1.54) is 6.92 Å². The highest BCUT2D eigenvalue weighted by Gasteiger charge is 2.30. The number of likely N-dealkylation sites (N-methyl/N-ethyl adjacent to an activating group) is 1. The Bertz CT molecular complexity index is 499. The van der Waals surface area contributed by atoms with Crippen molar-refractivity contribution in [3.8, 4) is 0 Å². The second-order valence-corrected chi connectivity index (χ2v) is 5.13. The average molecular weight is 300 g/mol. The van der Waals surface area contributed by atoms with Crippen molar-refractivity contribution in [3.05, 3.63) is 23.5 Å². The number of likely N-dealkylation sites (tertiary alicyclic amines) is 1. The molecule has 0 aliphatic carbocycles. The molecule has 6 heteroatoms. The number of aromatic nitrogens is 1. The molecule has 2 heterocycles. The number of nitrogens with zero attached hydrogens (tertiary/aromatic N) is 2. The van der Waals surface area contributed by atoms with E-state index in [2.05, 4.69) is 5.32 Å². The van der Waals surface area contributed by atoms with E-state index in [1.54, 1.807) is 16.8 Å². The van der Waals surface area contributed by atoms with Crippen LogP contribution in [0.4, 0.5) is 0 Å². The maximum Gasteiger partial charge on any atom is 0.270 e. The van der Waals surface area contributed by atoms with Gasteiger partial charge in [-0.25, -0.2) is 0 Å². The molecule has 1 amide bonds. The van der Waals surface area contributed by atoms with Gasteiger partial charge in [-0.2, -0.15) is 0 Å². The maximum atomic E-state index is 12.6. The molecule has 1 unspecified atom stereocenters. The summed E-state index contributed by atoms with van der Waals surface area (Å²) in [6.07, 6.45) is 3.80. The van der Waals surface area contributed by atoms with Crippen LogP contribution in [0.15, 0.2) is 12.3 Å². The largest absolute Gasteiger partial charge is 0.346 e. The number of nitrogens with one attached hydrogen (secondary N) is 1. The van der Waals surface area contributed by atoms with Gasteiger partial charge in [0.05, 0.1) is 0 Å². The molecule has 2 rings (SSSR count). The van der Waals surface area contributed by atoms with Crippen LogP contribution < -0.4 is 5.32 Å². The zero-order valence-corrected chi connectivity index (χ0v) is 13.0. The Morgan fingerprint density at radius 3 is 2.70 bits per heavy atom. The summed E-state index contributed by atoms with van der Waals surface area (Å²) in [5, 5.41) is 3.13. The van der Waals surface area contributed by atoms with Gasteiger partial charge in [-0.1, -0.05) is 0 Å². The molecule has 0 saturated carbocycles. The number of amides is 1. The standard InChI is InChI=1S/C14H21N3O2.ClH/c1-10(18)11-7-13(16(3)9-11)14(19)17-6-4-5-12(17)8-15-2;/h7,9,12,15H,4-6,8H2,1-3H3;1H. The van der Waals surface area contributed by atoms with Gasteiger partial charge in [-0.05, 0) is 32.9 Å². The van der Waals surface area contributed by atoms with Crippen molar-refractivity contribution in [1.82, 2.24) is 14.8 Å². The first-order valence-electron chi connectivity index (χ1n) is 6.67. The molecule has 0 spiro atoms. The summed E-state index contributed by atoms with van der Waals surface area (Å²) >= 11 is 0. The number of hydrogen-bond donors (Lipinski definition) is 1. The highest BCUT2D eigenvalue weighted by atomic mass is 35.5. The predicted molar refractivity (Wildman–Crippen MR) is 80.7 cm³/mol. The average Bonchev–Trinajstić information content (AvgIpc) is 2.95. The molecule has 0 bridgehead atoms. The molecule has 1 aromatic heterocycles. The lowest BCUT2D eigenvalue weighted by atomic mass is 10.2. The molecular formula is C14H22ClN3O2. The van der Waals surface area contributed by atoms with Gasteiger partial charge >= 0.3 is 0 Å². The summed E-state index contributed by atoms with van der Waals surface area (Å²) < 4.78 is 1.74. The Morgan fingerprint density at radius 2 is 2.15 bits per heavy atom. The monoisotopic (exact) mass is 299 g/mol. The van der Waals surface area contributed by atoms with E-state index in [0.717, 1.165) is 25.9 Å². The van der Waals surface area contributed by atoms with Gasteiger partial charge < -0.3 is 14.8 Å². The van der Waals surface area contributed by atoms with Crippen molar-refractivity contribution in [2.45, 2.75) is 25.8 Å². The normalized spacial score (nSPS) is 17.9. The van der Waals surface area contributed by atoms with Crippen LogP contribution in [-0.2, 0) is 7.05 Å². The van der Waals surface area contributed by atoms with E-state index in [0.29, 0.717) is 11.3 Å². The summed E-state index contributed by atoms with van der Waals surface area (Å²) in [6, 6.07) is 1.95. The van der Waals surface area contributed by atoms with Gasteiger partial charge in [0, 0.05) is 37.9 Å². The van der Waals surface area contributed by atoms with Crippen LogP contribution in [0, 0.1) is 0 Å². The molecule has 0 radical (unpaired) electrons. The smallest absolute Gasteiger partial charge is 0.270 e. The number of rotatable bonds is 4. The van der Waals surface area contributed by atoms with E-state index in [4.69, 9.17) is 0 Å². The quantitative estimate of drug-likeness (QED) is 0.857. The summed E-state index contributed by atoms with van der Waals surface area (Å²) in [6.45, 7) is 3.13. The molecule has 1 aliphatic heterocycles. The molecule has 20 heavy (non-hydrogen) atoms. The van der Waals surface area contributed by atoms with Crippen LogP contribution >= 0.6 is 12.4 Å². The van der Waals surface area contributed by atoms with Crippen LogP contribution in [0.1, 0.15) is 40.6 Å². The molecule has 1 saturated heterocycles. The first-order chi connectivity index (χ1) is 9.04. The lowest BCUT2D eigenvalue weighted by molar-refractivity contribution is 0.0727. The van der Waals surface area contributed by atoms with E-state index in [1.807, 2.05) is 19.0 Å². The Balaban J connectivity index is 0.00000200. The minimum atomic E-state index is -0.0113. The molecule has 1 fully saturated rings. The van der Waals surface area contributed by atoms with Gasteiger partial charge in [0.1, 0.15) is 5.69 Å². The third-order valence-corrected chi connectivity index (χ3v) is 3.71. The molecule has 0 aromatic carbocycles. The zero-order valence-electron chi connectivity index (χ0n) is 12.2. The fourth-order valence-electron chi connectivity index (χ4n) is 2.67. The number of carbonyl (C=O) groups is 2. The topological polar surface area (TPSA) is 54.3 Å². The third-order valence-electron chi connectivity index (χ3n) is 3.71. The second kappa shape index (κ2) is 6.90. The van der Waals surface area contributed by atoms with Gasteiger partial charge in [0.25, 0.3) is 5.91 Å². The minimum absolute atomic E-state index is 0. The van der Waals surface area contributed by atoms with E-state index in [-0.39, 0.29) is 30.1 Å². The molecule has 1 N–H and O–H groups in total. The number of aryl methyl sites for hydroxylation is 1. The molecule has 5 nitrogen and oxygen atoms in total. The Morgan fingerprint density at radius 1 is 1.45 bits per heavy atom. The highest BCUT2D eigenvalue weighted by molar-refractivity contribution is 5.99. The number of carbonyl (C=O) groups excluding carboxylic acids is 2. The predicted octanol–water partition coefficient (Wildman–Crippen LogP) is 1.47. The van der Waals surface area contributed by atoms with Crippen molar-refractivity contribution in [2.24, 2.45) is 7.05 Å². The van der Waals surface area contributed by atoms with Crippen LogP contribution in [0.5, 0.6) is 0 Å². The van der Waals surface area contributed by atoms with E-state index in [9.17, 15) is 9.59 Å². The van der Waals surface area contributed by atoms with Gasteiger partial charge in [-0.15, -0.1) is 12.4 Å². The minimum Gasteiger partial charge on any atom is -0.346 e.